The van der Waals surface area contributed by atoms with E-state index in [2.05, 4.69) is 21.3 Å². The number of aliphatic carboxylic acids is 1. The second-order valence-electron chi connectivity index (χ2n) is 13.5. The zero-order valence-corrected chi connectivity index (χ0v) is 28.8. The van der Waals surface area contributed by atoms with E-state index < -0.39 is 53.5 Å². The highest BCUT2D eigenvalue weighted by atomic mass is 19.1. The number of unbranched alkanes of at least 4 members (excludes halogenated alkanes) is 1. The Labute approximate surface area is 282 Å². The average Bonchev–Trinajstić information content (AvgIpc) is 2.99. The van der Waals surface area contributed by atoms with Crippen molar-refractivity contribution in [1.29, 1.82) is 0 Å². The molecule has 0 spiro atoms. The Kier molecular flexibility index (Phi) is 16.0. The molecule has 4 atom stereocenters. The van der Waals surface area contributed by atoms with Crippen LogP contribution in [0.3, 0.4) is 0 Å². The third kappa shape index (κ3) is 15.4. The Morgan fingerprint density at radius 2 is 1.31 bits per heavy atom. The number of alkyl carbamates (subject to hydrolysis) is 1. The Balaban J connectivity index is 2.09. The molecule has 0 bridgehead atoms. The van der Waals surface area contributed by atoms with Crippen molar-refractivity contribution in [3.8, 4) is 0 Å². The number of carbonyl (C=O) groups is 5. The SMILES string of the molecule is CC(C)C[C@@H](NC(=O)[C@@H](Cc1ccccc1)NC(=O)[C@H](C)Cc1ccc(F)cc1)C(=O)N[C@H](CCCCNC(=O)OC(C)(C)C)C(=O)O. The van der Waals surface area contributed by atoms with Gasteiger partial charge in [-0.25, -0.2) is 14.0 Å². The number of carbonyl (C=O) groups excluding carboxylic acids is 4. The van der Waals surface area contributed by atoms with Crippen molar-refractivity contribution in [3.05, 3.63) is 71.5 Å². The number of halogens is 1. The van der Waals surface area contributed by atoms with Crippen molar-refractivity contribution in [1.82, 2.24) is 21.3 Å². The van der Waals surface area contributed by atoms with Gasteiger partial charge in [-0.3, -0.25) is 14.4 Å². The van der Waals surface area contributed by atoms with Crippen LogP contribution >= 0.6 is 0 Å². The number of ether oxygens (including phenoxy) is 1. The van der Waals surface area contributed by atoms with Crippen molar-refractivity contribution in [3.63, 3.8) is 0 Å². The minimum absolute atomic E-state index is 0.0267. The van der Waals surface area contributed by atoms with Crippen molar-refractivity contribution in [2.24, 2.45) is 11.8 Å². The van der Waals surface area contributed by atoms with Gasteiger partial charge in [-0.15, -0.1) is 0 Å². The molecule has 0 fully saturated rings. The highest BCUT2D eigenvalue weighted by Crippen LogP contribution is 2.13. The fourth-order valence-corrected chi connectivity index (χ4v) is 4.92. The number of amides is 4. The second kappa shape index (κ2) is 19.4. The number of carboxylic acid groups (broad SMARTS) is 1. The summed E-state index contributed by atoms with van der Waals surface area (Å²) >= 11 is 0. The lowest BCUT2D eigenvalue weighted by Crippen LogP contribution is -2.57. The van der Waals surface area contributed by atoms with Gasteiger partial charge in [-0.05, 0) is 82.1 Å². The summed E-state index contributed by atoms with van der Waals surface area (Å²) in [5.41, 5.74) is 0.923. The van der Waals surface area contributed by atoms with E-state index in [9.17, 15) is 33.5 Å². The maximum absolute atomic E-state index is 13.7. The summed E-state index contributed by atoms with van der Waals surface area (Å²) in [6, 6.07) is 11.7. The van der Waals surface area contributed by atoms with E-state index in [4.69, 9.17) is 4.74 Å². The van der Waals surface area contributed by atoms with Gasteiger partial charge in [-0.1, -0.05) is 63.2 Å². The third-order valence-electron chi connectivity index (χ3n) is 7.36. The molecule has 5 N–H and O–H groups in total. The monoisotopic (exact) mass is 670 g/mol. The lowest BCUT2D eigenvalue weighted by Gasteiger charge is -2.26. The molecule has 0 aliphatic rings. The summed E-state index contributed by atoms with van der Waals surface area (Å²) in [6.45, 7) is 11.0. The average molecular weight is 671 g/mol. The lowest BCUT2D eigenvalue weighted by molar-refractivity contribution is -0.142. The molecular weight excluding hydrogens is 619 g/mol. The molecule has 264 valence electrons. The van der Waals surface area contributed by atoms with Gasteiger partial charge in [0.1, 0.15) is 29.5 Å². The van der Waals surface area contributed by atoms with Crippen molar-refractivity contribution in [2.75, 3.05) is 6.54 Å². The molecule has 12 heteroatoms. The summed E-state index contributed by atoms with van der Waals surface area (Å²) in [5, 5.41) is 20.6. The lowest BCUT2D eigenvalue weighted by atomic mass is 9.98. The molecule has 11 nitrogen and oxygen atoms in total. The summed E-state index contributed by atoms with van der Waals surface area (Å²) in [5.74, 6) is -3.77. The molecule has 48 heavy (non-hydrogen) atoms. The van der Waals surface area contributed by atoms with E-state index in [1.807, 2.05) is 44.2 Å². The van der Waals surface area contributed by atoms with Gasteiger partial charge in [0, 0.05) is 18.9 Å². The number of hydrogen-bond donors (Lipinski definition) is 5. The number of benzene rings is 2. The molecule has 4 amide bonds. The maximum atomic E-state index is 13.7. The standard InChI is InChI=1S/C36H51FN4O7/c1-23(2)20-29(32(43)39-28(34(45)46)14-10-11-19-38-35(47)48-36(4,5)6)41-33(44)30(22-25-12-8-7-9-13-25)40-31(42)24(3)21-26-15-17-27(37)18-16-26/h7-9,12-13,15-18,23-24,28-30H,10-11,14,19-22H2,1-6H3,(H,38,47)(H,39,43)(H,40,42)(H,41,44)(H,45,46)/t24-,28-,29-,30-/m1/s1. The van der Waals surface area contributed by atoms with Gasteiger partial charge in [0.2, 0.25) is 17.7 Å². The van der Waals surface area contributed by atoms with E-state index in [0.29, 0.717) is 19.3 Å². The first kappa shape index (κ1) is 39.7. The number of carboxylic acids is 1. The molecule has 0 saturated heterocycles. The van der Waals surface area contributed by atoms with Crippen LogP contribution in [0, 0.1) is 17.7 Å². The highest BCUT2D eigenvalue weighted by molar-refractivity contribution is 5.93. The number of rotatable bonds is 18. The predicted molar refractivity (Wildman–Crippen MR) is 180 cm³/mol. The van der Waals surface area contributed by atoms with Crippen LogP contribution in [0.25, 0.3) is 0 Å². The summed E-state index contributed by atoms with van der Waals surface area (Å²) in [7, 11) is 0. The van der Waals surface area contributed by atoms with Crippen LogP contribution in [0.5, 0.6) is 0 Å². The molecule has 2 rings (SSSR count). The fourth-order valence-electron chi connectivity index (χ4n) is 4.92. The van der Waals surface area contributed by atoms with Crippen LogP contribution in [-0.4, -0.2) is 65.2 Å². The zero-order valence-electron chi connectivity index (χ0n) is 28.8. The predicted octanol–water partition coefficient (Wildman–Crippen LogP) is 4.53. The molecular formula is C36H51FN4O7. The second-order valence-corrected chi connectivity index (χ2v) is 13.5. The quantitative estimate of drug-likeness (QED) is 0.146. The Hall–Kier alpha value is -4.48. The largest absolute Gasteiger partial charge is 0.480 e. The van der Waals surface area contributed by atoms with E-state index >= 15 is 0 Å². The van der Waals surface area contributed by atoms with Crippen LogP contribution in [0.1, 0.15) is 78.4 Å². The normalized spacial score (nSPS) is 13.8. The van der Waals surface area contributed by atoms with Crippen LogP contribution < -0.4 is 21.3 Å². The van der Waals surface area contributed by atoms with Crippen LogP contribution in [-0.2, 0) is 36.8 Å². The van der Waals surface area contributed by atoms with E-state index in [-0.39, 0.29) is 43.4 Å². The summed E-state index contributed by atoms with van der Waals surface area (Å²) < 4.78 is 18.5. The summed E-state index contributed by atoms with van der Waals surface area (Å²) in [4.78, 5) is 64.2. The van der Waals surface area contributed by atoms with Gasteiger partial charge >= 0.3 is 12.1 Å². The van der Waals surface area contributed by atoms with Crippen molar-refractivity contribution in [2.45, 2.75) is 104 Å². The molecule has 0 radical (unpaired) electrons. The zero-order chi connectivity index (χ0) is 35.9. The molecule has 0 heterocycles. The van der Waals surface area contributed by atoms with Gasteiger partial charge in [0.25, 0.3) is 0 Å². The van der Waals surface area contributed by atoms with Gasteiger partial charge in [0.05, 0.1) is 0 Å². The third-order valence-corrected chi connectivity index (χ3v) is 7.36. The minimum Gasteiger partial charge on any atom is -0.480 e. The molecule has 0 aliphatic heterocycles. The first-order chi connectivity index (χ1) is 22.5. The van der Waals surface area contributed by atoms with Crippen LogP contribution in [0.15, 0.2) is 54.6 Å². The first-order valence-electron chi connectivity index (χ1n) is 16.4. The minimum atomic E-state index is -1.22. The topological polar surface area (TPSA) is 163 Å². The molecule has 2 aromatic rings. The maximum Gasteiger partial charge on any atom is 0.407 e. The van der Waals surface area contributed by atoms with Crippen molar-refractivity contribution < 1.29 is 38.2 Å². The Bertz CT molecular complexity index is 1350. The Morgan fingerprint density at radius 1 is 0.750 bits per heavy atom. The van der Waals surface area contributed by atoms with E-state index in [1.165, 1.54) is 12.1 Å². The van der Waals surface area contributed by atoms with Gasteiger partial charge in [0.15, 0.2) is 0 Å². The van der Waals surface area contributed by atoms with Crippen molar-refractivity contribution >= 4 is 29.8 Å². The smallest absolute Gasteiger partial charge is 0.407 e. The highest BCUT2D eigenvalue weighted by Gasteiger charge is 2.31. The Morgan fingerprint density at radius 3 is 1.90 bits per heavy atom. The summed E-state index contributed by atoms with van der Waals surface area (Å²) in [6.07, 6.45) is 1.13. The molecule has 2 aromatic carbocycles. The molecule has 0 unspecified atom stereocenters. The van der Waals surface area contributed by atoms with E-state index in [1.54, 1.807) is 39.8 Å². The van der Waals surface area contributed by atoms with E-state index in [0.717, 1.165) is 11.1 Å². The molecule has 0 aliphatic carbocycles. The van der Waals surface area contributed by atoms with Gasteiger partial charge in [-0.2, -0.15) is 0 Å². The molecule has 0 saturated carbocycles. The fraction of sp³-hybridized carbons (Fsp3) is 0.528. The van der Waals surface area contributed by atoms with Gasteiger partial charge < -0.3 is 31.1 Å². The van der Waals surface area contributed by atoms with Crippen LogP contribution in [0.2, 0.25) is 0 Å². The molecule has 0 aromatic heterocycles. The number of nitrogens with one attached hydrogen (secondary N) is 4. The first-order valence-corrected chi connectivity index (χ1v) is 16.4. The number of hydrogen-bond acceptors (Lipinski definition) is 6. The van der Waals surface area contributed by atoms with Crippen LogP contribution in [0.4, 0.5) is 9.18 Å².